The predicted molar refractivity (Wildman–Crippen MR) is 72.1 cm³/mol. The predicted octanol–water partition coefficient (Wildman–Crippen LogP) is 4.90. The van der Waals surface area contributed by atoms with Gasteiger partial charge in [-0.3, -0.25) is 0 Å². The summed E-state index contributed by atoms with van der Waals surface area (Å²) < 4.78 is 0. The average molecular weight is 243 g/mol. The van der Waals surface area contributed by atoms with E-state index >= 15 is 0 Å². The number of rotatable bonds is 7. The summed E-state index contributed by atoms with van der Waals surface area (Å²) in [6.45, 7) is 2.24. The second-order valence-corrected chi connectivity index (χ2v) is 14.0. The van der Waals surface area contributed by atoms with Gasteiger partial charge < -0.3 is 0 Å². The standard InChI is InChI=1S/C8H20PS3/c1-2-3-4-5-6-7-8-9(10,11)12/h10-12H,2-8H2,1H3/q+1. The van der Waals surface area contributed by atoms with E-state index in [1.165, 1.54) is 38.5 Å². The summed E-state index contributed by atoms with van der Waals surface area (Å²) in [4.78, 5) is -1.39. The molecule has 0 bridgehead atoms. The average Bonchev–Trinajstić information content (AvgIpc) is 1.94. The van der Waals surface area contributed by atoms with Gasteiger partial charge in [0, 0.05) is 36.7 Å². The highest BCUT2D eigenvalue weighted by Gasteiger charge is 2.22. The zero-order valence-corrected chi connectivity index (χ0v) is 11.3. The Balaban J connectivity index is 3.01. The van der Waals surface area contributed by atoms with E-state index in [4.69, 9.17) is 0 Å². The van der Waals surface area contributed by atoms with Crippen LogP contribution in [0.3, 0.4) is 0 Å². The van der Waals surface area contributed by atoms with Crippen LogP contribution in [0.25, 0.3) is 0 Å². The first-order valence-electron chi connectivity index (χ1n) is 4.62. The van der Waals surface area contributed by atoms with Crippen molar-refractivity contribution in [3.8, 4) is 0 Å². The third-order valence-corrected chi connectivity index (χ3v) is 4.53. The van der Waals surface area contributed by atoms with Gasteiger partial charge in [0.1, 0.15) is 0 Å². The lowest BCUT2D eigenvalue weighted by atomic mass is 10.1. The zero-order chi connectivity index (χ0) is 9.45. The van der Waals surface area contributed by atoms with Crippen LogP contribution in [0.5, 0.6) is 0 Å². The molecule has 0 nitrogen and oxygen atoms in total. The first-order chi connectivity index (χ1) is 5.56. The topological polar surface area (TPSA) is 0 Å². The van der Waals surface area contributed by atoms with Gasteiger partial charge in [0.25, 0.3) is 0 Å². The molecule has 0 radical (unpaired) electrons. The van der Waals surface area contributed by atoms with Gasteiger partial charge in [0.15, 0.2) is 4.87 Å². The molecule has 0 saturated heterocycles. The highest BCUT2D eigenvalue weighted by molar-refractivity contribution is 9.09. The van der Waals surface area contributed by atoms with Gasteiger partial charge in [0.2, 0.25) is 0 Å². The molecule has 0 fully saturated rings. The Morgan fingerprint density at radius 1 is 0.833 bits per heavy atom. The largest absolute Gasteiger partial charge is 0.180 e. The highest BCUT2D eigenvalue weighted by atomic mass is 33.4. The molecule has 12 heavy (non-hydrogen) atoms. The second-order valence-electron chi connectivity index (χ2n) is 3.18. The van der Waals surface area contributed by atoms with Crippen LogP contribution in [0.4, 0.5) is 0 Å². The maximum atomic E-state index is 4.34. The van der Waals surface area contributed by atoms with Gasteiger partial charge in [-0.15, -0.1) is 0 Å². The Kier molecular flexibility index (Phi) is 8.81. The molecule has 0 atom stereocenters. The summed E-state index contributed by atoms with van der Waals surface area (Å²) in [6.07, 6.45) is 9.11. The van der Waals surface area contributed by atoms with Crippen molar-refractivity contribution in [2.24, 2.45) is 0 Å². The van der Waals surface area contributed by atoms with Crippen molar-refractivity contribution in [2.45, 2.75) is 45.4 Å². The quantitative estimate of drug-likeness (QED) is 0.316. The fourth-order valence-corrected chi connectivity index (χ4v) is 3.02. The smallest absolute Gasteiger partial charge is 0.0654 e. The van der Waals surface area contributed by atoms with Gasteiger partial charge in [0.05, 0.1) is 6.16 Å². The molecule has 4 heteroatoms. The summed E-state index contributed by atoms with van der Waals surface area (Å²) in [6, 6.07) is 0. The minimum Gasteiger partial charge on any atom is -0.0654 e. The SMILES string of the molecule is CCCCCCCC[P+](S)(S)S. The molecule has 0 aromatic carbocycles. The van der Waals surface area contributed by atoms with E-state index in [0.717, 1.165) is 6.16 Å². The highest BCUT2D eigenvalue weighted by Crippen LogP contribution is 2.72. The van der Waals surface area contributed by atoms with E-state index in [-0.39, 0.29) is 0 Å². The third-order valence-electron chi connectivity index (χ3n) is 1.81. The first-order valence-corrected chi connectivity index (χ1v) is 10.1. The van der Waals surface area contributed by atoms with Crippen molar-refractivity contribution < 1.29 is 0 Å². The zero-order valence-electron chi connectivity index (χ0n) is 7.74. The van der Waals surface area contributed by atoms with E-state index in [0.29, 0.717) is 0 Å². The van der Waals surface area contributed by atoms with Crippen LogP contribution in [-0.2, 0) is 0 Å². The van der Waals surface area contributed by atoms with Crippen LogP contribution in [0.1, 0.15) is 45.4 Å². The Morgan fingerprint density at radius 3 is 1.83 bits per heavy atom. The molecule has 0 spiro atoms. The lowest BCUT2D eigenvalue weighted by molar-refractivity contribution is 0.626. The van der Waals surface area contributed by atoms with Crippen LogP contribution in [0.2, 0.25) is 0 Å². The molecule has 74 valence electrons. The van der Waals surface area contributed by atoms with E-state index in [1.54, 1.807) is 0 Å². The molecule has 0 aliphatic heterocycles. The van der Waals surface area contributed by atoms with Crippen LogP contribution in [-0.4, -0.2) is 6.16 Å². The maximum Gasteiger partial charge on any atom is 0.180 e. The van der Waals surface area contributed by atoms with Gasteiger partial charge in [-0.2, -0.15) is 0 Å². The number of thiol groups is 3. The monoisotopic (exact) mass is 243 g/mol. The van der Waals surface area contributed by atoms with E-state index in [2.05, 4.69) is 43.7 Å². The minimum absolute atomic E-state index is 1.09. The van der Waals surface area contributed by atoms with Gasteiger partial charge >= 0.3 is 0 Å². The molecular weight excluding hydrogens is 223 g/mol. The van der Waals surface area contributed by atoms with Gasteiger partial charge in [-0.1, -0.05) is 32.6 Å². The number of unbranched alkanes of at least 4 members (excludes halogenated alkanes) is 5. The molecule has 0 heterocycles. The minimum atomic E-state index is -1.39. The molecule has 0 aromatic heterocycles. The molecule has 0 aliphatic rings. The van der Waals surface area contributed by atoms with Crippen molar-refractivity contribution in [1.29, 1.82) is 0 Å². The van der Waals surface area contributed by atoms with Crippen molar-refractivity contribution in [2.75, 3.05) is 6.16 Å². The lowest BCUT2D eigenvalue weighted by Crippen LogP contribution is -1.83. The molecule has 0 unspecified atom stereocenters. The summed E-state index contributed by atoms with van der Waals surface area (Å²) in [7, 11) is 0. The normalized spacial score (nSPS) is 12.0. The Bertz CT molecular complexity index is 101. The van der Waals surface area contributed by atoms with Crippen LogP contribution in [0.15, 0.2) is 0 Å². The van der Waals surface area contributed by atoms with Gasteiger partial charge in [-0.25, -0.2) is 0 Å². The fraction of sp³-hybridized carbons (Fsp3) is 1.00. The summed E-state index contributed by atoms with van der Waals surface area (Å²) in [5.41, 5.74) is 0. The van der Waals surface area contributed by atoms with E-state index < -0.39 is 4.87 Å². The second kappa shape index (κ2) is 7.84. The molecule has 0 aliphatic carbocycles. The molecular formula is C8H20PS3+. The Morgan fingerprint density at radius 2 is 1.33 bits per heavy atom. The molecule has 0 N–H and O–H groups in total. The summed E-state index contributed by atoms with van der Waals surface area (Å²) >= 11 is 13.0. The first kappa shape index (κ1) is 13.5. The summed E-state index contributed by atoms with van der Waals surface area (Å²) in [5.74, 6) is 0. The Labute approximate surface area is 93.1 Å². The third kappa shape index (κ3) is 11.5. The molecule has 0 rings (SSSR count). The Hall–Kier alpha value is 1.48. The van der Waals surface area contributed by atoms with Crippen LogP contribution in [0, 0.1) is 0 Å². The molecule has 0 aromatic rings. The molecule has 0 saturated carbocycles. The maximum absolute atomic E-state index is 4.34. The fourth-order valence-electron chi connectivity index (χ4n) is 1.10. The molecule has 0 amide bonds. The number of hydrogen-bond acceptors (Lipinski definition) is 3. The van der Waals surface area contributed by atoms with Crippen molar-refractivity contribution in [3.05, 3.63) is 0 Å². The van der Waals surface area contributed by atoms with E-state index in [1.807, 2.05) is 0 Å². The van der Waals surface area contributed by atoms with Crippen molar-refractivity contribution in [3.63, 3.8) is 0 Å². The lowest BCUT2D eigenvalue weighted by Gasteiger charge is -2.05. The van der Waals surface area contributed by atoms with E-state index in [9.17, 15) is 0 Å². The summed E-state index contributed by atoms with van der Waals surface area (Å²) in [5, 5.41) is 0. The number of hydrogen-bond donors (Lipinski definition) is 3. The van der Waals surface area contributed by atoms with Crippen LogP contribution >= 0.6 is 41.6 Å². The van der Waals surface area contributed by atoms with Crippen molar-refractivity contribution in [1.82, 2.24) is 0 Å². The van der Waals surface area contributed by atoms with Gasteiger partial charge in [-0.05, 0) is 12.8 Å². The van der Waals surface area contributed by atoms with Crippen molar-refractivity contribution >= 4 is 41.6 Å². The van der Waals surface area contributed by atoms with Crippen LogP contribution < -0.4 is 0 Å².